The van der Waals surface area contributed by atoms with E-state index in [9.17, 15) is 0 Å². The lowest BCUT2D eigenvalue weighted by Gasteiger charge is -2.26. The number of allylic oxidation sites excluding steroid dienone is 18. The van der Waals surface area contributed by atoms with Crippen molar-refractivity contribution in [1.29, 1.82) is 0 Å². The number of benzene rings is 1. The summed E-state index contributed by atoms with van der Waals surface area (Å²) in [6.45, 7) is 15.0. The molecule has 0 spiro atoms. The second-order valence-corrected chi connectivity index (χ2v) is 10.6. The molecule has 1 aromatic rings. The lowest BCUT2D eigenvalue weighted by Crippen LogP contribution is -2.13. The van der Waals surface area contributed by atoms with E-state index in [0.29, 0.717) is 0 Å². The van der Waals surface area contributed by atoms with Crippen molar-refractivity contribution >= 4 is 17.4 Å². The molecule has 3 nitrogen and oxygen atoms in total. The number of nitrogens with one attached hydrogen (secondary N) is 2. The quantitative estimate of drug-likeness (QED) is 0.376. The molecule has 2 heterocycles. The standard InChI is InChI=1S/C38H39N3/c1-6-11-29(7-2)31-18-20-39-25-37-32(23-27(4)26(3)22-31)14-15-33-34(37)16-17-36-35(33)19-21-40-41-38(36)24-28(5)30-12-9-8-10-13-30/h6-7,9,11-13,16-25,39-40H,3-4,8,10,14-15H2,1-2,5H3/b11-6-,20-18-,28-24+,29-7+,31-22+,32-23-,37-25+. The summed E-state index contributed by atoms with van der Waals surface area (Å²) in [7, 11) is 0. The molecule has 0 bridgehead atoms. The van der Waals surface area contributed by atoms with Gasteiger partial charge in [0.05, 0.1) is 5.71 Å². The van der Waals surface area contributed by atoms with Gasteiger partial charge in [-0.25, -0.2) is 0 Å². The minimum atomic E-state index is 0.912. The van der Waals surface area contributed by atoms with Gasteiger partial charge in [-0.15, -0.1) is 0 Å². The zero-order chi connectivity index (χ0) is 28.8. The lowest BCUT2D eigenvalue weighted by molar-refractivity contribution is 0.930. The molecule has 0 aromatic heterocycles. The molecule has 2 aliphatic heterocycles. The summed E-state index contributed by atoms with van der Waals surface area (Å²) in [4.78, 5) is 0. The maximum atomic E-state index is 4.72. The van der Waals surface area contributed by atoms with Crippen LogP contribution in [0, 0.1) is 0 Å². The Morgan fingerprint density at radius 1 is 0.927 bits per heavy atom. The van der Waals surface area contributed by atoms with Crippen LogP contribution in [0.5, 0.6) is 0 Å². The topological polar surface area (TPSA) is 36.4 Å². The average molecular weight is 538 g/mol. The first kappa shape index (κ1) is 27.9. The number of hydrogen-bond donors (Lipinski definition) is 2. The molecule has 4 aliphatic rings. The molecular weight excluding hydrogens is 498 g/mol. The lowest BCUT2D eigenvalue weighted by atomic mass is 9.79. The van der Waals surface area contributed by atoms with Crippen LogP contribution in [-0.4, -0.2) is 5.71 Å². The molecule has 5 rings (SSSR count). The van der Waals surface area contributed by atoms with Crippen LogP contribution < -0.4 is 10.7 Å². The van der Waals surface area contributed by atoms with Crippen molar-refractivity contribution in [2.75, 3.05) is 0 Å². The zero-order valence-electron chi connectivity index (χ0n) is 24.4. The Balaban J connectivity index is 1.55. The fourth-order valence-corrected chi connectivity index (χ4v) is 5.70. The van der Waals surface area contributed by atoms with Crippen LogP contribution in [0.3, 0.4) is 0 Å². The third-order valence-electron chi connectivity index (χ3n) is 7.89. The van der Waals surface area contributed by atoms with E-state index in [1.807, 2.05) is 19.3 Å². The van der Waals surface area contributed by atoms with E-state index in [4.69, 9.17) is 5.10 Å². The first-order valence-electron chi connectivity index (χ1n) is 14.4. The molecule has 0 amide bonds. The summed E-state index contributed by atoms with van der Waals surface area (Å²) >= 11 is 0. The van der Waals surface area contributed by atoms with E-state index in [2.05, 4.69) is 123 Å². The molecule has 41 heavy (non-hydrogen) atoms. The largest absolute Gasteiger partial charge is 0.367 e. The monoisotopic (exact) mass is 537 g/mol. The molecule has 206 valence electrons. The van der Waals surface area contributed by atoms with Crippen LogP contribution >= 0.6 is 0 Å². The Morgan fingerprint density at radius 2 is 1.76 bits per heavy atom. The maximum absolute atomic E-state index is 4.72. The molecule has 0 saturated heterocycles. The van der Waals surface area contributed by atoms with Gasteiger partial charge in [-0.2, -0.15) is 5.10 Å². The molecular formula is C38H39N3. The third kappa shape index (κ3) is 6.10. The molecule has 0 saturated carbocycles. The van der Waals surface area contributed by atoms with Crippen molar-refractivity contribution in [1.82, 2.24) is 10.7 Å². The number of hydrazone groups is 1. The van der Waals surface area contributed by atoms with Crippen LogP contribution in [0.2, 0.25) is 0 Å². The molecule has 3 heteroatoms. The number of nitrogens with zero attached hydrogens (tertiary/aromatic N) is 1. The normalized spacial score (nSPS) is 23.9. The van der Waals surface area contributed by atoms with E-state index < -0.39 is 0 Å². The van der Waals surface area contributed by atoms with Crippen molar-refractivity contribution in [2.45, 2.75) is 46.5 Å². The second kappa shape index (κ2) is 12.7. The van der Waals surface area contributed by atoms with Crippen LogP contribution in [-0.2, 0) is 6.42 Å². The van der Waals surface area contributed by atoms with Gasteiger partial charge >= 0.3 is 0 Å². The second-order valence-electron chi connectivity index (χ2n) is 10.6. The van der Waals surface area contributed by atoms with Crippen LogP contribution in [0.4, 0.5) is 0 Å². The van der Waals surface area contributed by atoms with Gasteiger partial charge in [-0.3, -0.25) is 5.43 Å². The van der Waals surface area contributed by atoms with Crippen LogP contribution in [0.1, 0.15) is 62.3 Å². The van der Waals surface area contributed by atoms with Crippen LogP contribution in [0.15, 0.2) is 149 Å². The van der Waals surface area contributed by atoms with Gasteiger partial charge in [0.15, 0.2) is 0 Å². The van der Waals surface area contributed by atoms with Crippen molar-refractivity contribution in [3.8, 4) is 0 Å². The van der Waals surface area contributed by atoms with Gasteiger partial charge < -0.3 is 5.32 Å². The van der Waals surface area contributed by atoms with Gasteiger partial charge in [-0.1, -0.05) is 67.8 Å². The Bertz CT molecular complexity index is 1620. The number of hydrogen-bond acceptors (Lipinski definition) is 3. The van der Waals surface area contributed by atoms with Crippen molar-refractivity contribution in [3.63, 3.8) is 0 Å². The van der Waals surface area contributed by atoms with E-state index in [-0.39, 0.29) is 0 Å². The Kier molecular flexibility index (Phi) is 8.64. The minimum absolute atomic E-state index is 0.912. The molecule has 1 aromatic carbocycles. The zero-order valence-corrected chi connectivity index (χ0v) is 24.4. The molecule has 0 unspecified atom stereocenters. The number of rotatable bonds is 4. The summed E-state index contributed by atoms with van der Waals surface area (Å²) < 4.78 is 0. The predicted molar refractivity (Wildman–Crippen MR) is 177 cm³/mol. The van der Waals surface area contributed by atoms with E-state index in [0.717, 1.165) is 59.3 Å². The van der Waals surface area contributed by atoms with Gasteiger partial charge in [-0.05, 0) is 126 Å². The number of fused-ring (bicyclic) bond motifs is 5. The summed E-state index contributed by atoms with van der Waals surface area (Å²) in [6.07, 6.45) is 34.0. The van der Waals surface area contributed by atoms with Crippen molar-refractivity contribution < 1.29 is 0 Å². The van der Waals surface area contributed by atoms with E-state index in [1.54, 1.807) is 0 Å². The van der Waals surface area contributed by atoms with Gasteiger partial charge in [0.25, 0.3) is 0 Å². The van der Waals surface area contributed by atoms with E-state index in [1.165, 1.54) is 39.0 Å². The fraction of sp³-hybridized carbons (Fsp3) is 0.184. The highest BCUT2D eigenvalue weighted by Crippen LogP contribution is 2.40. The summed E-state index contributed by atoms with van der Waals surface area (Å²) in [5, 5.41) is 8.17. The predicted octanol–water partition coefficient (Wildman–Crippen LogP) is 9.08. The Morgan fingerprint density at radius 3 is 2.54 bits per heavy atom. The van der Waals surface area contributed by atoms with Gasteiger partial charge in [0, 0.05) is 29.7 Å². The van der Waals surface area contributed by atoms with E-state index >= 15 is 0 Å². The van der Waals surface area contributed by atoms with Gasteiger partial charge in [0.2, 0.25) is 0 Å². The highest BCUT2D eigenvalue weighted by Gasteiger charge is 2.24. The highest BCUT2D eigenvalue weighted by atomic mass is 15.3. The van der Waals surface area contributed by atoms with Gasteiger partial charge in [0.1, 0.15) is 0 Å². The Hall–Kier alpha value is -4.63. The molecule has 2 aliphatic carbocycles. The first-order valence-corrected chi connectivity index (χ1v) is 14.4. The SMILES string of the molecule is C=C1/C=C2/CCc3c(ccc4c3C=CNN=C4/C=C(\C)C3=CCCC=C3)/C2=C/N\C=C/C(C(/C=C\C)=C/C)=C\C1=C. The first-order chi connectivity index (χ1) is 20.0. The Labute approximate surface area is 245 Å². The summed E-state index contributed by atoms with van der Waals surface area (Å²) in [5.74, 6) is 0. The summed E-state index contributed by atoms with van der Waals surface area (Å²) in [6, 6.07) is 4.47. The fourth-order valence-electron chi connectivity index (χ4n) is 5.70. The summed E-state index contributed by atoms with van der Waals surface area (Å²) in [5.41, 5.74) is 18.1. The highest BCUT2D eigenvalue weighted by molar-refractivity contribution is 6.12. The minimum Gasteiger partial charge on any atom is -0.367 e. The van der Waals surface area contributed by atoms with Crippen molar-refractivity contribution in [2.24, 2.45) is 5.10 Å². The maximum Gasteiger partial charge on any atom is 0.0914 e. The molecule has 0 radical (unpaired) electrons. The van der Waals surface area contributed by atoms with Crippen LogP contribution in [0.25, 0.3) is 11.6 Å². The molecule has 0 atom stereocenters. The smallest absolute Gasteiger partial charge is 0.0914 e. The van der Waals surface area contributed by atoms with Crippen molar-refractivity contribution in [3.05, 3.63) is 166 Å². The third-order valence-corrected chi connectivity index (χ3v) is 7.89. The molecule has 2 N–H and O–H groups in total. The average Bonchev–Trinajstić information content (AvgIpc) is 3.21. The molecule has 0 fully saturated rings.